The molecular formula is C22H30N4O. The van der Waals surface area contributed by atoms with Crippen molar-refractivity contribution in [2.45, 2.75) is 65.8 Å². The zero-order valence-electron chi connectivity index (χ0n) is 17.3. The van der Waals surface area contributed by atoms with Gasteiger partial charge in [-0.05, 0) is 50.7 Å². The van der Waals surface area contributed by atoms with Crippen LogP contribution < -0.4 is 4.90 Å². The van der Waals surface area contributed by atoms with E-state index in [2.05, 4.69) is 25.8 Å². The van der Waals surface area contributed by atoms with Crippen LogP contribution in [-0.2, 0) is 17.6 Å². The van der Waals surface area contributed by atoms with E-state index in [-0.39, 0.29) is 11.2 Å². The summed E-state index contributed by atoms with van der Waals surface area (Å²) in [6, 6.07) is 5.76. The van der Waals surface area contributed by atoms with E-state index in [9.17, 15) is 4.79 Å². The molecule has 0 N–H and O–H groups in total. The van der Waals surface area contributed by atoms with Crippen molar-refractivity contribution in [3.63, 3.8) is 0 Å². The number of nitrogens with zero attached hydrogens (tertiary/aromatic N) is 4. The summed E-state index contributed by atoms with van der Waals surface area (Å²) < 4.78 is 0. The summed E-state index contributed by atoms with van der Waals surface area (Å²) in [5.74, 6) is 1.73. The lowest BCUT2D eigenvalue weighted by molar-refractivity contribution is -0.124. The van der Waals surface area contributed by atoms with Crippen LogP contribution >= 0.6 is 0 Å². The number of likely N-dealkylation sites (N-methyl/N-ethyl adjacent to an activating group) is 1. The van der Waals surface area contributed by atoms with Crippen molar-refractivity contribution in [1.82, 2.24) is 15.0 Å². The Hall–Kier alpha value is -2.30. The van der Waals surface area contributed by atoms with Gasteiger partial charge in [-0.1, -0.05) is 26.8 Å². The van der Waals surface area contributed by atoms with Gasteiger partial charge in [0.25, 0.3) is 0 Å². The fraction of sp³-hybridized carbons (Fsp3) is 0.545. The van der Waals surface area contributed by atoms with Crippen LogP contribution in [0.3, 0.4) is 0 Å². The van der Waals surface area contributed by atoms with Crippen molar-refractivity contribution in [3.8, 4) is 11.5 Å². The molecule has 2 heterocycles. The number of carbonyl (C=O) groups is 1. The van der Waals surface area contributed by atoms with E-state index < -0.39 is 5.54 Å². The Labute approximate surface area is 162 Å². The summed E-state index contributed by atoms with van der Waals surface area (Å²) in [7, 11) is 1.98. The molecular weight excluding hydrogens is 336 g/mol. The van der Waals surface area contributed by atoms with Gasteiger partial charge in [0.2, 0.25) is 0 Å². The SMILES string of the molecule is CN(c1nc(-c2ccccn2)nc2c1CCC2)C(C)(C)C(=O)CC(C)(C)C. The van der Waals surface area contributed by atoms with Crippen molar-refractivity contribution >= 4 is 11.6 Å². The molecule has 2 aromatic heterocycles. The number of Topliss-reactive ketones (excluding diaryl/α,β-unsaturated/α-hetero) is 1. The Morgan fingerprint density at radius 3 is 2.48 bits per heavy atom. The quantitative estimate of drug-likeness (QED) is 0.792. The third-order valence-electron chi connectivity index (χ3n) is 5.33. The lowest BCUT2D eigenvalue weighted by atomic mass is 9.83. The second kappa shape index (κ2) is 7.02. The molecule has 1 aliphatic rings. The standard InChI is InChI=1S/C22H30N4O/c1-21(2,3)14-18(27)22(4,5)26(6)20-15-10-9-12-16(15)24-19(25-20)17-11-7-8-13-23-17/h7-8,11,13H,9-10,12,14H2,1-6H3. The molecule has 0 radical (unpaired) electrons. The van der Waals surface area contributed by atoms with Crippen LogP contribution in [0.2, 0.25) is 0 Å². The number of hydrogen-bond donors (Lipinski definition) is 0. The normalized spacial score (nSPS) is 14.1. The monoisotopic (exact) mass is 366 g/mol. The highest BCUT2D eigenvalue weighted by atomic mass is 16.1. The highest BCUT2D eigenvalue weighted by Crippen LogP contribution is 2.35. The van der Waals surface area contributed by atoms with E-state index in [4.69, 9.17) is 9.97 Å². The number of rotatable bonds is 5. The zero-order valence-corrected chi connectivity index (χ0v) is 17.3. The molecule has 5 heteroatoms. The van der Waals surface area contributed by atoms with Gasteiger partial charge in [-0.15, -0.1) is 0 Å². The summed E-state index contributed by atoms with van der Waals surface area (Å²) in [6.07, 6.45) is 5.28. The van der Waals surface area contributed by atoms with E-state index in [0.29, 0.717) is 12.2 Å². The number of aromatic nitrogens is 3. The molecule has 1 aliphatic carbocycles. The molecule has 144 valence electrons. The summed E-state index contributed by atoms with van der Waals surface area (Å²) >= 11 is 0. The third-order valence-corrected chi connectivity index (χ3v) is 5.33. The lowest BCUT2D eigenvalue weighted by Crippen LogP contribution is -2.50. The minimum Gasteiger partial charge on any atom is -0.347 e. The van der Waals surface area contributed by atoms with Gasteiger partial charge < -0.3 is 4.90 Å². The van der Waals surface area contributed by atoms with Crippen LogP contribution in [0, 0.1) is 5.41 Å². The summed E-state index contributed by atoms with van der Waals surface area (Å²) in [4.78, 5) is 29.1. The van der Waals surface area contributed by atoms with Crippen molar-refractivity contribution in [1.29, 1.82) is 0 Å². The van der Waals surface area contributed by atoms with E-state index in [1.807, 2.05) is 44.0 Å². The fourth-order valence-electron chi connectivity index (χ4n) is 3.45. The minimum atomic E-state index is -0.640. The summed E-state index contributed by atoms with van der Waals surface area (Å²) in [5.41, 5.74) is 2.35. The molecule has 27 heavy (non-hydrogen) atoms. The predicted molar refractivity (Wildman–Crippen MR) is 109 cm³/mol. The van der Waals surface area contributed by atoms with Crippen molar-refractivity contribution in [2.75, 3.05) is 11.9 Å². The Morgan fingerprint density at radius 2 is 1.85 bits per heavy atom. The first kappa shape index (κ1) is 19.5. The number of aryl methyl sites for hydroxylation is 1. The highest BCUT2D eigenvalue weighted by molar-refractivity contribution is 5.91. The first-order chi connectivity index (χ1) is 12.6. The maximum atomic E-state index is 13.1. The zero-order chi connectivity index (χ0) is 19.8. The Kier molecular flexibility index (Phi) is 5.06. The number of ketones is 1. The van der Waals surface area contributed by atoms with Crippen LogP contribution in [0.4, 0.5) is 5.82 Å². The maximum absolute atomic E-state index is 13.1. The molecule has 0 spiro atoms. The van der Waals surface area contributed by atoms with E-state index in [0.717, 1.165) is 36.5 Å². The van der Waals surface area contributed by atoms with Gasteiger partial charge in [-0.2, -0.15) is 0 Å². The molecule has 0 bridgehead atoms. The fourth-order valence-corrected chi connectivity index (χ4v) is 3.45. The molecule has 0 atom stereocenters. The number of anilines is 1. The second-order valence-corrected chi connectivity index (χ2v) is 9.14. The van der Waals surface area contributed by atoms with Gasteiger partial charge in [0.05, 0.1) is 5.54 Å². The topological polar surface area (TPSA) is 59.0 Å². The van der Waals surface area contributed by atoms with Gasteiger partial charge in [0, 0.05) is 30.9 Å². The average molecular weight is 367 g/mol. The number of carbonyl (C=O) groups excluding carboxylic acids is 1. The first-order valence-electron chi connectivity index (χ1n) is 9.68. The van der Waals surface area contributed by atoms with Gasteiger partial charge in [-0.3, -0.25) is 9.78 Å². The van der Waals surface area contributed by atoms with E-state index >= 15 is 0 Å². The molecule has 0 aliphatic heterocycles. The van der Waals surface area contributed by atoms with Crippen molar-refractivity contribution in [3.05, 3.63) is 35.7 Å². The van der Waals surface area contributed by atoms with Crippen LogP contribution in [0.5, 0.6) is 0 Å². The molecule has 0 fully saturated rings. The average Bonchev–Trinajstić information content (AvgIpc) is 3.08. The smallest absolute Gasteiger partial charge is 0.180 e. The van der Waals surface area contributed by atoms with Gasteiger partial charge in [-0.25, -0.2) is 9.97 Å². The molecule has 0 saturated heterocycles. The van der Waals surface area contributed by atoms with Crippen LogP contribution in [0.25, 0.3) is 11.5 Å². The van der Waals surface area contributed by atoms with Gasteiger partial charge in [0.15, 0.2) is 11.6 Å². The number of fused-ring (bicyclic) bond motifs is 1. The predicted octanol–water partition coefficient (Wildman–Crippen LogP) is 4.25. The van der Waals surface area contributed by atoms with Crippen molar-refractivity contribution in [2.24, 2.45) is 5.41 Å². The lowest BCUT2D eigenvalue weighted by Gasteiger charge is -2.38. The van der Waals surface area contributed by atoms with Gasteiger partial charge in [0.1, 0.15) is 11.5 Å². The minimum absolute atomic E-state index is 0.0398. The van der Waals surface area contributed by atoms with Gasteiger partial charge >= 0.3 is 0 Å². The van der Waals surface area contributed by atoms with E-state index in [1.54, 1.807) is 6.20 Å². The largest absolute Gasteiger partial charge is 0.347 e. The van der Waals surface area contributed by atoms with E-state index in [1.165, 1.54) is 5.56 Å². The Bertz CT molecular complexity index is 837. The molecule has 0 amide bonds. The third kappa shape index (κ3) is 4.02. The van der Waals surface area contributed by atoms with Crippen LogP contribution in [-0.4, -0.2) is 33.3 Å². The molecule has 3 rings (SSSR count). The first-order valence-corrected chi connectivity index (χ1v) is 9.68. The van der Waals surface area contributed by atoms with Crippen LogP contribution in [0.1, 0.15) is 58.7 Å². The van der Waals surface area contributed by atoms with Crippen LogP contribution in [0.15, 0.2) is 24.4 Å². The number of hydrogen-bond acceptors (Lipinski definition) is 5. The molecule has 0 unspecified atom stereocenters. The Balaban J connectivity index is 2.02. The second-order valence-electron chi connectivity index (χ2n) is 9.14. The van der Waals surface area contributed by atoms with Crippen molar-refractivity contribution < 1.29 is 4.79 Å². The molecule has 0 aromatic carbocycles. The molecule has 2 aromatic rings. The summed E-state index contributed by atoms with van der Waals surface area (Å²) in [6.45, 7) is 10.3. The molecule has 0 saturated carbocycles. The maximum Gasteiger partial charge on any atom is 0.180 e. The number of pyridine rings is 1. The molecule has 5 nitrogen and oxygen atoms in total. The summed E-state index contributed by atoms with van der Waals surface area (Å²) in [5, 5.41) is 0. The Morgan fingerprint density at radius 1 is 1.11 bits per heavy atom. The highest BCUT2D eigenvalue weighted by Gasteiger charge is 2.37.